The molecule has 0 aliphatic heterocycles. The van der Waals surface area contributed by atoms with Gasteiger partial charge in [-0.25, -0.2) is 0 Å². The number of hydrogen-bond acceptors (Lipinski definition) is 5. The fourth-order valence-electron chi connectivity index (χ4n) is 2.02. The Morgan fingerprint density at radius 1 is 1.27 bits per heavy atom. The minimum absolute atomic E-state index is 0.187. The molecule has 0 radical (unpaired) electrons. The summed E-state index contributed by atoms with van der Waals surface area (Å²) < 4.78 is 5.09. The molecule has 0 saturated carbocycles. The van der Waals surface area contributed by atoms with E-state index in [1.165, 1.54) is 24.1 Å². The van der Waals surface area contributed by atoms with E-state index in [1.54, 1.807) is 29.5 Å². The van der Waals surface area contributed by atoms with Crippen LogP contribution in [-0.4, -0.2) is 18.9 Å². The molecule has 0 bridgehead atoms. The summed E-state index contributed by atoms with van der Waals surface area (Å²) in [6, 6.07) is 8.67. The minimum Gasteiger partial charge on any atom is -0.550 e. The van der Waals surface area contributed by atoms with Gasteiger partial charge in [0.05, 0.1) is 7.11 Å². The van der Waals surface area contributed by atoms with E-state index in [-0.39, 0.29) is 12.2 Å². The van der Waals surface area contributed by atoms with Gasteiger partial charge in [-0.3, -0.25) is 4.79 Å². The van der Waals surface area contributed by atoms with Crippen molar-refractivity contribution in [2.24, 2.45) is 0 Å². The predicted octanol–water partition coefficient (Wildman–Crippen LogP) is 2.25. The lowest BCUT2D eigenvalue weighted by atomic mass is 10.0. The standard InChI is InChI=1S/C17H16O4S/c1-11-3-5-14(22-11)6-7-15(18)12-4-8-16(21-2)13(9-12)10-17(19)20/h3-9H,10H2,1-2H3,(H,19,20)/p-1/b7-6+. The summed E-state index contributed by atoms with van der Waals surface area (Å²) in [7, 11) is 1.45. The van der Waals surface area contributed by atoms with Crippen molar-refractivity contribution in [1.29, 1.82) is 0 Å². The average Bonchev–Trinajstić information content (AvgIpc) is 2.89. The van der Waals surface area contributed by atoms with Crippen molar-refractivity contribution in [1.82, 2.24) is 0 Å². The molecule has 5 heteroatoms. The lowest BCUT2D eigenvalue weighted by Crippen LogP contribution is -2.24. The number of allylic oxidation sites excluding steroid dienone is 1. The number of benzene rings is 1. The summed E-state index contributed by atoms with van der Waals surface area (Å²) in [5.74, 6) is -0.973. The van der Waals surface area contributed by atoms with Gasteiger partial charge in [-0.15, -0.1) is 11.3 Å². The number of aliphatic carboxylic acids is 1. The molecule has 0 atom stereocenters. The topological polar surface area (TPSA) is 66.4 Å². The molecule has 2 rings (SSSR count). The average molecular weight is 315 g/mol. The minimum atomic E-state index is -1.22. The molecular weight excluding hydrogens is 300 g/mol. The highest BCUT2D eigenvalue weighted by atomic mass is 32.1. The maximum atomic E-state index is 12.2. The summed E-state index contributed by atoms with van der Waals surface area (Å²) in [6.45, 7) is 2.00. The van der Waals surface area contributed by atoms with Gasteiger partial charge in [-0.05, 0) is 49.4 Å². The normalized spacial score (nSPS) is 10.8. The molecule has 0 N–H and O–H groups in total. The summed E-state index contributed by atoms with van der Waals surface area (Å²) in [5, 5.41) is 10.8. The fraction of sp³-hybridized carbons (Fsp3) is 0.176. The lowest BCUT2D eigenvalue weighted by molar-refractivity contribution is -0.304. The van der Waals surface area contributed by atoms with Crippen LogP contribution in [0.3, 0.4) is 0 Å². The van der Waals surface area contributed by atoms with Gasteiger partial charge in [0.25, 0.3) is 0 Å². The highest BCUT2D eigenvalue weighted by Crippen LogP contribution is 2.21. The van der Waals surface area contributed by atoms with Crippen molar-refractivity contribution in [3.05, 3.63) is 57.3 Å². The van der Waals surface area contributed by atoms with E-state index in [4.69, 9.17) is 4.74 Å². The largest absolute Gasteiger partial charge is 0.550 e. The zero-order valence-electron chi connectivity index (χ0n) is 12.3. The van der Waals surface area contributed by atoms with Gasteiger partial charge in [-0.1, -0.05) is 0 Å². The Bertz CT molecular complexity index is 728. The molecule has 0 spiro atoms. The fourth-order valence-corrected chi connectivity index (χ4v) is 2.80. The second-order valence-corrected chi connectivity index (χ2v) is 6.04. The van der Waals surface area contributed by atoms with Gasteiger partial charge in [0, 0.05) is 33.3 Å². The first kappa shape index (κ1) is 16.0. The number of methoxy groups -OCH3 is 1. The van der Waals surface area contributed by atoms with Crippen molar-refractivity contribution in [3.8, 4) is 5.75 Å². The van der Waals surface area contributed by atoms with Crippen molar-refractivity contribution in [3.63, 3.8) is 0 Å². The Balaban J connectivity index is 2.22. The molecule has 0 aliphatic rings. The lowest BCUT2D eigenvalue weighted by Gasteiger charge is -2.10. The van der Waals surface area contributed by atoms with E-state index in [9.17, 15) is 14.7 Å². The molecule has 22 heavy (non-hydrogen) atoms. The Hall–Kier alpha value is -2.40. The van der Waals surface area contributed by atoms with Crippen molar-refractivity contribution in [2.45, 2.75) is 13.3 Å². The van der Waals surface area contributed by atoms with Gasteiger partial charge in [0.1, 0.15) is 5.75 Å². The highest BCUT2D eigenvalue weighted by Gasteiger charge is 2.09. The Kier molecular flexibility index (Phi) is 5.12. The smallest absolute Gasteiger partial charge is 0.185 e. The van der Waals surface area contributed by atoms with Crippen LogP contribution in [0.15, 0.2) is 36.4 Å². The second-order valence-electron chi connectivity index (χ2n) is 4.72. The molecule has 0 aliphatic carbocycles. The third-order valence-corrected chi connectivity index (χ3v) is 4.03. The van der Waals surface area contributed by atoms with Crippen molar-refractivity contribution in [2.75, 3.05) is 7.11 Å². The number of ketones is 1. The number of rotatable bonds is 6. The first-order valence-electron chi connectivity index (χ1n) is 6.65. The molecule has 114 valence electrons. The molecule has 0 amide bonds. The summed E-state index contributed by atoms with van der Waals surface area (Å²) in [4.78, 5) is 25.1. The van der Waals surface area contributed by atoms with Crippen LogP contribution in [0, 0.1) is 6.92 Å². The van der Waals surface area contributed by atoms with E-state index >= 15 is 0 Å². The monoisotopic (exact) mass is 315 g/mol. The first-order chi connectivity index (χ1) is 10.5. The molecule has 1 aromatic heterocycles. The second kappa shape index (κ2) is 7.04. The van der Waals surface area contributed by atoms with Crippen LogP contribution in [0.25, 0.3) is 6.08 Å². The Labute approximate surface area is 132 Å². The molecule has 4 nitrogen and oxygen atoms in total. The van der Waals surface area contributed by atoms with Crippen molar-refractivity contribution >= 4 is 29.2 Å². The van der Waals surface area contributed by atoms with Crippen LogP contribution in [-0.2, 0) is 11.2 Å². The molecule has 1 aromatic carbocycles. The number of hydrogen-bond donors (Lipinski definition) is 0. The van der Waals surface area contributed by atoms with E-state index in [0.29, 0.717) is 16.9 Å². The number of carbonyl (C=O) groups is 2. The number of aryl methyl sites for hydroxylation is 1. The van der Waals surface area contributed by atoms with Crippen LogP contribution in [0.5, 0.6) is 5.75 Å². The van der Waals surface area contributed by atoms with Gasteiger partial charge < -0.3 is 14.6 Å². The zero-order valence-corrected chi connectivity index (χ0v) is 13.1. The Morgan fingerprint density at radius 3 is 2.64 bits per heavy atom. The van der Waals surface area contributed by atoms with Gasteiger partial charge >= 0.3 is 0 Å². The number of carbonyl (C=O) groups excluding carboxylic acids is 2. The predicted molar refractivity (Wildman–Crippen MR) is 84.1 cm³/mol. The van der Waals surface area contributed by atoms with Crippen LogP contribution in [0.2, 0.25) is 0 Å². The molecular formula is C17H15O4S-. The van der Waals surface area contributed by atoms with Crippen LogP contribution < -0.4 is 9.84 Å². The SMILES string of the molecule is COc1ccc(C(=O)/C=C/c2ccc(C)s2)cc1CC(=O)[O-]. The van der Waals surface area contributed by atoms with E-state index in [2.05, 4.69) is 0 Å². The molecule has 0 unspecified atom stereocenters. The first-order valence-corrected chi connectivity index (χ1v) is 7.47. The maximum Gasteiger partial charge on any atom is 0.185 e. The number of thiophene rings is 1. The molecule has 0 saturated heterocycles. The van der Waals surface area contributed by atoms with Gasteiger partial charge in [0.2, 0.25) is 0 Å². The summed E-state index contributed by atoms with van der Waals surface area (Å²) in [5.41, 5.74) is 0.843. The van der Waals surface area contributed by atoms with Crippen molar-refractivity contribution < 1.29 is 19.4 Å². The van der Waals surface area contributed by atoms with E-state index in [1.807, 2.05) is 19.1 Å². The van der Waals surface area contributed by atoms with Gasteiger partial charge in [-0.2, -0.15) is 0 Å². The highest BCUT2D eigenvalue weighted by molar-refractivity contribution is 7.12. The Morgan fingerprint density at radius 2 is 2.05 bits per heavy atom. The van der Waals surface area contributed by atoms with Crippen LogP contribution in [0.4, 0.5) is 0 Å². The molecule has 1 heterocycles. The molecule has 2 aromatic rings. The van der Waals surface area contributed by atoms with Crippen LogP contribution in [0.1, 0.15) is 25.7 Å². The molecule has 0 fully saturated rings. The number of carboxylic acids is 1. The quantitative estimate of drug-likeness (QED) is 0.606. The zero-order chi connectivity index (χ0) is 16.1. The summed E-state index contributed by atoms with van der Waals surface area (Å²) in [6.07, 6.45) is 2.94. The third-order valence-electron chi connectivity index (χ3n) is 3.06. The van der Waals surface area contributed by atoms with E-state index < -0.39 is 5.97 Å². The summed E-state index contributed by atoms with van der Waals surface area (Å²) >= 11 is 1.60. The number of carboxylic acid groups (broad SMARTS) is 1. The van der Waals surface area contributed by atoms with Crippen LogP contribution >= 0.6 is 11.3 Å². The number of ether oxygens (including phenoxy) is 1. The third kappa shape index (κ3) is 4.05. The van der Waals surface area contributed by atoms with E-state index in [0.717, 1.165) is 4.88 Å². The maximum absolute atomic E-state index is 12.2. The van der Waals surface area contributed by atoms with Gasteiger partial charge in [0.15, 0.2) is 5.78 Å².